The summed E-state index contributed by atoms with van der Waals surface area (Å²) < 4.78 is 33.1. The van der Waals surface area contributed by atoms with E-state index in [1.54, 1.807) is 36.1 Å². The fourth-order valence-corrected chi connectivity index (χ4v) is 4.23. The fourth-order valence-electron chi connectivity index (χ4n) is 2.96. The molecule has 24 heavy (non-hydrogen) atoms. The number of carbonyl (C=O) groups excluding carboxylic acids is 1. The largest absolute Gasteiger partial charge is 0.468 e. The highest BCUT2D eigenvalue weighted by Gasteiger charge is 2.24. The number of carbonyl (C=O) groups is 1. The molecule has 1 N–H and O–H groups in total. The van der Waals surface area contributed by atoms with Crippen molar-refractivity contribution in [3.05, 3.63) is 47.9 Å². The van der Waals surface area contributed by atoms with Gasteiger partial charge in [0.1, 0.15) is 5.76 Å². The zero-order valence-corrected chi connectivity index (χ0v) is 14.5. The Morgan fingerprint density at radius 2 is 2.12 bits per heavy atom. The summed E-state index contributed by atoms with van der Waals surface area (Å²) in [5.74, 6) is 0.524. The molecule has 128 valence electrons. The molecule has 0 unspecified atom stereocenters. The molecule has 1 aromatic carbocycles. The quantitative estimate of drug-likeness (QED) is 0.921. The molecule has 1 aliphatic rings. The van der Waals surface area contributed by atoms with E-state index in [-0.39, 0.29) is 10.8 Å². The number of benzene rings is 1. The minimum absolute atomic E-state index is 0.0314. The summed E-state index contributed by atoms with van der Waals surface area (Å²) >= 11 is 0. The molecule has 0 saturated heterocycles. The Kier molecular flexibility index (Phi) is 4.47. The van der Waals surface area contributed by atoms with Crippen LogP contribution in [0.1, 0.15) is 37.6 Å². The predicted octanol–water partition coefficient (Wildman–Crippen LogP) is 2.62. The third-order valence-corrected chi connectivity index (χ3v) is 5.70. The number of anilines is 1. The summed E-state index contributed by atoms with van der Waals surface area (Å²) in [6.45, 7) is 3.92. The van der Waals surface area contributed by atoms with E-state index >= 15 is 0 Å². The highest BCUT2D eigenvalue weighted by molar-refractivity contribution is 7.89. The Bertz CT molecular complexity index is 843. The molecular weight excluding hydrogens is 328 g/mol. The lowest BCUT2D eigenvalue weighted by Gasteiger charge is -2.29. The van der Waals surface area contributed by atoms with Crippen LogP contribution in [0.15, 0.2) is 45.9 Å². The zero-order chi connectivity index (χ0) is 17.3. The third kappa shape index (κ3) is 3.22. The van der Waals surface area contributed by atoms with Crippen LogP contribution in [-0.4, -0.2) is 20.9 Å². The second-order valence-electron chi connectivity index (χ2n) is 5.92. The second kappa shape index (κ2) is 6.41. The molecule has 0 radical (unpaired) electrons. The number of aryl methyl sites for hydroxylation is 1. The first-order chi connectivity index (χ1) is 11.4. The van der Waals surface area contributed by atoms with Crippen LogP contribution < -0.4 is 9.62 Å². The van der Waals surface area contributed by atoms with E-state index in [0.29, 0.717) is 12.3 Å². The van der Waals surface area contributed by atoms with Gasteiger partial charge >= 0.3 is 0 Å². The molecule has 7 heteroatoms. The maximum absolute atomic E-state index is 12.6. The minimum atomic E-state index is -3.67. The summed E-state index contributed by atoms with van der Waals surface area (Å²) in [7, 11) is -3.67. The molecular formula is C17H20N2O4S. The molecule has 1 amide bonds. The molecule has 6 nitrogen and oxygen atoms in total. The van der Waals surface area contributed by atoms with Gasteiger partial charge in [-0.25, -0.2) is 13.1 Å². The normalized spacial score (nSPS) is 15.8. The topological polar surface area (TPSA) is 79.6 Å². The first kappa shape index (κ1) is 16.7. The van der Waals surface area contributed by atoms with E-state index in [0.717, 1.165) is 24.1 Å². The summed E-state index contributed by atoms with van der Waals surface area (Å²) in [5.41, 5.74) is 1.68. The van der Waals surface area contributed by atoms with Crippen molar-refractivity contribution >= 4 is 21.6 Å². The molecule has 0 spiro atoms. The summed E-state index contributed by atoms with van der Waals surface area (Å²) in [4.78, 5) is 13.6. The van der Waals surface area contributed by atoms with Crippen molar-refractivity contribution in [1.29, 1.82) is 0 Å². The summed E-state index contributed by atoms with van der Waals surface area (Å²) in [6.07, 6.45) is 3.10. The Hall–Kier alpha value is -2.12. The van der Waals surface area contributed by atoms with Crippen molar-refractivity contribution in [3.63, 3.8) is 0 Å². The first-order valence-electron chi connectivity index (χ1n) is 7.85. The van der Waals surface area contributed by atoms with Crippen molar-refractivity contribution in [2.24, 2.45) is 0 Å². The monoisotopic (exact) mass is 348 g/mol. The van der Waals surface area contributed by atoms with E-state index < -0.39 is 16.1 Å². The lowest BCUT2D eigenvalue weighted by molar-refractivity contribution is -0.116. The van der Waals surface area contributed by atoms with Gasteiger partial charge in [0.25, 0.3) is 0 Å². The van der Waals surface area contributed by atoms with Crippen LogP contribution in [-0.2, 0) is 21.2 Å². The number of hydrogen-bond acceptors (Lipinski definition) is 4. The number of hydrogen-bond donors (Lipinski definition) is 1. The van der Waals surface area contributed by atoms with Gasteiger partial charge in [-0.1, -0.05) is 0 Å². The summed E-state index contributed by atoms with van der Waals surface area (Å²) in [6, 6.07) is 7.89. The van der Waals surface area contributed by atoms with Gasteiger partial charge in [0, 0.05) is 19.2 Å². The number of nitrogens with zero attached hydrogens (tertiary/aromatic N) is 1. The van der Waals surface area contributed by atoms with Crippen LogP contribution >= 0.6 is 0 Å². The molecule has 2 aromatic rings. The lowest BCUT2D eigenvalue weighted by atomic mass is 10.0. The van der Waals surface area contributed by atoms with Gasteiger partial charge in [0.15, 0.2) is 0 Å². The number of furan rings is 1. The van der Waals surface area contributed by atoms with Crippen molar-refractivity contribution < 1.29 is 17.6 Å². The van der Waals surface area contributed by atoms with Crippen LogP contribution in [0.3, 0.4) is 0 Å². The Labute approximate surface area is 141 Å². The van der Waals surface area contributed by atoms with Crippen molar-refractivity contribution in [3.8, 4) is 0 Å². The third-order valence-electron chi connectivity index (χ3n) is 4.16. The van der Waals surface area contributed by atoms with Crippen LogP contribution in [0.4, 0.5) is 5.69 Å². The lowest BCUT2D eigenvalue weighted by Crippen LogP contribution is -2.34. The summed E-state index contributed by atoms with van der Waals surface area (Å²) in [5, 5.41) is 0. The van der Waals surface area contributed by atoms with Gasteiger partial charge in [0.2, 0.25) is 15.9 Å². The number of amides is 1. The van der Waals surface area contributed by atoms with Crippen LogP contribution in [0, 0.1) is 0 Å². The molecule has 1 atom stereocenters. The van der Waals surface area contributed by atoms with Crippen molar-refractivity contribution in [1.82, 2.24) is 4.72 Å². The average molecular weight is 348 g/mol. The second-order valence-corrected chi connectivity index (χ2v) is 7.64. The number of sulfonamides is 1. The molecule has 0 aliphatic carbocycles. The Balaban J connectivity index is 1.88. The standard InChI is InChI=1S/C17H20N2O4S/c1-12(17-6-4-10-23-17)18-24(21,22)15-7-8-16-14(11-15)5-3-9-19(16)13(2)20/h4,6-8,10-12,18H,3,5,9H2,1-2H3/t12-/m0/s1. The number of fused-ring (bicyclic) bond motifs is 1. The number of rotatable bonds is 4. The Morgan fingerprint density at radius 3 is 2.79 bits per heavy atom. The minimum Gasteiger partial charge on any atom is -0.468 e. The highest BCUT2D eigenvalue weighted by atomic mass is 32.2. The average Bonchev–Trinajstić information content (AvgIpc) is 3.07. The van der Waals surface area contributed by atoms with Gasteiger partial charge in [-0.15, -0.1) is 0 Å². The molecule has 0 fully saturated rings. The molecule has 0 saturated carbocycles. The van der Waals surface area contributed by atoms with Crippen molar-refractivity contribution in [2.45, 2.75) is 37.6 Å². The van der Waals surface area contributed by atoms with Gasteiger partial charge in [-0.2, -0.15) is 0 Å². The van der Waals surface area contributed by atoms with Gasteiger partial charge < -0.3 is 9.32 Å². The maximum atomic E-state index is 12.6. The molecule has 1 aliphatic heterocycles. The van der Waals surface area contributed by atoms with E-state index in [9.17, 15) is 13.2 Å². The molecule has 2 heterocycles. The van der Waals surface area contributed by atoms with Gasteiger partial charge in [0.05, 0.1) is 17.2 Å². The number of nitrogens with one attached hydrogen (secondary N) is 1. The SMILES string of the molecule is CC(=O)N1CCCc2cc(S(=O)(=O)N[C@@H](C)c3ccco3)ccc21. The van der Waals surface area contributed by atoms with E-state index in [1.807, 2.05) is 0 Å². The van der Waals surface area contributed by atoms with E-state index in [4.69, 9.17) is 4.42 Å². The smallest absolute Gasteiger partial charge is 0.241 e. The van der Waals surface area contributed by atoms with Crippen molar-refractivity contribution in [2.75, 3.05) is 11.4 Å². The molecule has 1 aromatic heterocycles. The van der Waals surface area contributed by atoms with Gasteiger partial charge in [-0.05, 0) is 55.7 Å². The Morgan fingerprint density at radius 1 is 1.33 bits per heavy atom. The fraction of sp³-hybridized carbons (Fsp3) is 0.353. The van der Waals surface area contributed by atoms with Crippen LogP contribution in [0.5, 0.6) is 0 Å². The van der Waals surface area contributed by atoms with Gasteiger partial charge in [-0.3, -0.25) is 4.79 Å². The van der Waals surface area contributed by atoms with Crippen LogP contribution in [0.2, 0.25) is 0 Å². The van der Waals surface area contributed by atoms with E-state index in [2.05, 4.69) is 4.72 Å². The van der Waals surface area contributed by atoms with Crippen LogP contribution in [0.25, 0.3) is 0 Å². The molecule has 0 bridgehead atoms. The first-order valence-corrected chi connectivity index (χ1v) is 9.33. The molecule has 3 rings (SSSR count). The maximum Gasteiger partial charge on any atom is 0.241 e. The predicted molar refractivity (Wildman–Crippen MR) is 90.2 cm³/mol. The highest BCUT2D eigenvalue weighted by Crippen LogP contribution is 2.30. The van der Waals surface area contributed by atoms with E-state index in [1.165, 1.54) is 19.3 Å². The zero-order valence-electron chi connectivity index (χ0n) is 13.7.